The topological polar surface area (TPSA) is 57.2 Å². The van der Waals surface area contributed by atoms with Crippen LogP contribution < -0.4 is 0 Å². The molecule has 6 nitrogen and oxygen atoms in total. The van der Waals surface area contributed by atoms with Crippen molar-refractivity contribution in [3.8, 4) is 11.4 Å². The van der Waals surface area contributed by atoms with Crippen LogP contribution in [0.4, 0.5) is 0 Å². The SMILES string of the molecule is Cc1cccc(-c2n[nH]c(=S)n2CCC(=O)N(CCN(C)C)Cc2ccccc2)c1. The molecule has 0 unspecified atom stereocenters. The third-order valence-electron chi connectivity index (χ3n) is 4.97. The van der Waals surface area contributed by atoms with E-state index >= 15 is 0 Å². The highest BCUT2D eigenvalue weighted by Crippen LogP contribution is 2.19. The molecule has 0 saturated carbocycles. The van der Waals surface area contributed by atoms with Crippen LogP contribution in [-0.4, -0.2) is 57.7 Å². The van der Waals surface area contributed by atoms with Crippen molar-refractivity contribution in [2.75, 3.05) is 27.2 Å². The summed E-state index contributed by atoms with van der Waals surface area (Å²) in [6.07, 6.45) is 0.368. The molecule has 0 aliphatic heterocycles. The highest BCUT2D eigenvalue weighted by Gasteiger charge is 2.16. The third kappa shape index (κ3) is 5.87. The van der Waals surface area contributed by atoms with Crippen LogP contribution >= 0.6 is 12.2 Å². The lowest BCUT2D eigenvalue weighted by Crippen LogP contribution is -2.36. The summed E-state index contributed by atoms with van der Waals surface area (Å²) in [6, 6.07) is 18.2. The highest BCUT2D eigenvalue weighted by atomic mass is 32.1. The Morgan fingerprint density at radius 1 is 1.10 bits per heavy atom. The maximum atomic E-state index is 13.1. The number of rotatable bonds is 9. The molecule has 1 aromatic heterocycles. The van der Waals surface area contributed by atoms with Crippen LogP contribution in [0.3, 0.4) is 0 Å². The molecule has 0 aliphatic rings. The van der Waals surface area contributed by atoms with Crippen LogP contribution in [0.25, 0.3) is 11.4 Å². The van der Waals surface area contributed by atoms with Crippen LogP contribution in [-0.2, 0) is 17.9 Å². The number of amides is 1. The highest BCUT2D eigenvalue weighted by molar-refractivity contribution is 7.71. The van der Waals surface area contributed by atoms with Gasteiger partial charge in [-0.1, -0.05) is 54.1 Å². The van der Waals surface area contributed by atoms with E-state index in [1.165, 1.54) is 0 Å². The fraction of sp³-hybridized carbons (Fsp3) is 0.348. The van der Waals surface area contributed by atoms with Crippen molar-refractivity contribution in [1.29, 1.82) is 0 Å². The predicted molar refractivity (Wildman–Crippen MR) is 123 cm³/mol. The van der Waals surface area contributed by atoms with Gasteiger partial charge in [-0.2, -0.15) is 5.10 Å². The first kappa shape index (κ1) is 21.9. The van der Waals surface area contributed by atoms with Gasteiger partial charge in [0, 0.05) is 38.2 Å². The molecule has 3 rings (SSSR count). The molecule has 158 valence electrons. The minimum Gasteiger partial charge on any atom is -0.337 e. The summed E-state index contributed by atoms with van der Waals surface area (Å²) in [5, 5.41) is 7.26. The summed E-state index contributed by atoms with van der Waals surface area (Å²) >= 11 is 5.43. The Hall–Kier alpha value is -2.77. The maximum Gasteiger partial charge on any atom is 0.224 e. The number of aromatic nitrogens is 3. The number of likely N-dealkylation sites (N-methyl/N-ethyl adjacent to an activating group) is 1. The van der Waals surface area contributed by atoms with Gasteiger partial charge in [0.05, 0.1) is 0 Å². The summed E-state index contributed by atoms with van der Waals surface area (Å²) in [5.74, 6) is 0.874. The quantitative estimate of drug-likeness (QED) is 0.531. The molecular weight excluding hydrogens is 394 g/mol. The molecule has 0 radical (unpaired) electrons. The average Bonchev–Trinajstić information content (AvgIpc) is 3.10. The molecule has 3 aromatic rings. The van der Waals surface area contributed by atoms with E-state index < -0.39 is 0 Å². The first-order chi connectivity index (χ1) is 14.4. The molecule has 2 aromatic carbocycles. The minimum absolute atomic E-state index is 0.110. The van der Waals surface area contributed by atoms with Gasteiger partial charge in [0.25, 0.3) is 0 Å². The number of hydrogen-bond donors (Lipinski definition) is 1. The summed E-state index contributed by atoms with van der Waals surface area (Å²) in [7, 11) is 4.04. The lowest BCUT2D eigenvalue weighted by Gasteiger charge is -2.25. The molecule has 0 spiro atoms. The molecule has 1 N–H and O–H groups in total. The molecule has 0 saturated heterocycles. The van der Waals surface area contributed by atoms with E-state index in [0.717, 1.165) is 29.1 Å². The van der Waals surface area contributed by atoms with Crippen molar-refractivity contribution < 1.29 is 4.79 Å². The van der Waals surface area contributed by atoms with Crippen molar-refractivity contribution in [3.63, 3.8) is 0 Å². The smallest absolute Gasteiger partial charge is 0.224 e. The standard InChI is InChI=1S/C23H29N5OS/c1-18-8-7-11-20(16-18)22-24-25-23(30)28(22)13-12-21(29)27(15-14-26(2)3)17-19-9-5-4-6-10-19/h4-11,16H,12-15,17H2,1-3H3,(H,25,30). The number of H-pyrrole nitrogens is 1. The molecule has 0 bridgehead atoms. The molecule has 0 aliphatic carbocycles. The molecule has 0 atom stereocenters. The Morgan fingerprint density at radius 3 is 2.57 bits per heavy atom. The zero-order valence-electron chi connectivity index (χ0n) is 17.8. The lowest BCUT2D eigenvalue weighted by molar-refractivity contribution is -0.132. The van der Waals surface area contributed by atoms with Gasteiger partial charge in [-0.25, -0.2) is 0 Å². The van der Waals surface area contributed by atoms with E-state index in [9.17, 15) is 4.79 Å². The van der Waals surface area contributed by atoms with Crippen molar-refractivity contribution in [1.82, 2.24) is 24.6 Å². The van der Waals surface area contributed by atoms with E-state index in [0.29, 0.717) is 30.8 Å². The monoisotopic (exact) mass is 423 g/mol. The number of aryl methyl sites for hydroxylation is 1. The van der Waals surface area contributed by atoms with E-state index in [1.54, 1.807) is 0 Å². The van der Waals surface area contributed by atoms with Crippen molar-refractivity contribution in [2.45, 2.75) is 26.4 Å². The third-order valence-corrected chi connectivity index (χ3v) is 5.28. The number of carbonyl (C=O) groups excluding carboxylic acids is 1. The number of nitrogens with zero attached hydrogens (tertiary/aromatic N) is 4. The Balaban J connectivity index is 1.73. The van der Waals surface area contributed by atoms with E-state index in [-0.39, 0.29) is 5.91 Å². The Labute approximate surface area is 183 Å². The van der Waals surface area contributed by atoms with Crippen molar-refractivity contribution in [3.05, 3.63) is 70.5 Å². The second-order valence-electron chi connectivity index (χ2n) is 7.73. The fourth-order valence-electron chi connectivity index (χ4n) is 3.31. The van der Waals surface area contributed by atoms with Gasteiger partial charge in [0.2, 0.25) is 5.91 Å². The minimum atomic E-state index is 0.110. The van der Waals surface area contributed by atoms with Gasteiger partial charge in [-0.05, 0) is 44.9 Å². The summed E-state index contributed by atoms with van der Waals surface area (Å²) < 4.78 is 2.44. The van der Waals surface area contributed by atoms with Crippen LogP contribution in [0, 0.1) is 11.7 Å². The number of hydrogen-bond acceptors (Lipinski definition) is 4. The fourth-order valence-corrected chi connectivity index (χ4v) is 3.54. The molecule has 30 heavy (non-hydrogen) atoms. The van der Waals surface area contributed by atoms with Gasteiger partial charge < -0.3 is 9.80 Å². The van der Waals surface area contributed by atoms with E-state index in [2.05, 4.69) is 33.3 Å². The second-order valence-corrected chi connectivity index (χ2v) is 8.11. The van der Waals surface area contributed by atoms with Crippen LogP contribution in [0.15, 0.2) is 54.6 Å². The van der Waals surface area contributed by atoms with Gasteiger partial charge in [0.1, 0.15) is 0 Å². The average molecular weight is 424 g/mol. The normalized spacial score (nSPS) is 11.1. The van der Waals surface area contributed by atoms with Gasteiger partial charge in [0.15, 0.2) is 10.6 Å². The Kier molecular flexibility index (Phi) is 7.54. The van der Waals surface area contributed by atoms with Crippen LogP contribution in [0.1, 0.15) is 17.5 Å². The molecule has 1 amide bonds. The zero-order valence-corrected chi connectivity index (χ0v) is 18.7. The number of nitrogens with one attached hydrogen (secondary N) is 1. The predicted octanol–water partition coefficient (Wildman–Crippen LogP) is 3.90. The van der Waals surface area contributed by atoms with E-state index in [4.69, 9.17) is 12.2 Å². The Bertz CT molecular complexity index is 1030. The number of aromatic amines is 1. The lowest BCUT2D eigenvalue weighted by atomic mass is 10.1. The van der Waals surface area contributed by atoms with Gasteiger partial charge in [-0.3, -0.25) is 14.5 Å². The largest absolute Gasteiger partial charge is 0.337 e. The van der Waals surface area contributed by atoms with E-state index in [1.807, 2.05) is 66.9 Å². The number of carbonyl (C=O) groups is 1. The molecular formula is C23H29N5OS. The van der Waals surface area contributed by atoms with Gasteiger partial charge in [-0.15, -0.1) is 0 Å². The second kappa shape index (κ2) is 10.3. The van der Waals surface area contributed by atoms with Crippen molar-refractivity contribution >= 4 is 18.1 Å². The Morgan fingerprint density at radius 2 is 1.87 bits per heavy atom. The summed E-state index contributed by atoms with van der Waals surface area (Å²) in [5.41, 5.74) is 3.27. The first-order valence-corrected chi connectivity index (χ1v) is 10.5. The first-order valence-electron chi connectivity index (χ1n) is 10.1. The molecule has 0 fully saturated rings. The number of benzene rings is 2. The zero-order chi connectivity index (χ0) is 21.5. The molecule has 1 heterocycles. The van der Waals surface area contributed by atoms with Crippen LogP contribution in [0.2, 0.25) is 0 Å². The van der Waals surface area contributed by atoms with Crippen molar-refractivity contribution in [2.24, 2.45) is 0 Å². The van der Waals surface area contributed by atoms with Crippen LogP contribution in [0.5, 0.6) is 0 Å². The summed E-state index contributed by atoms with van der Waals surface area (Å²) in [4.78, 5) is 17.1. The molecule has 7 heteroatoms. The maximum absolute atomic E-state index is 13.1. The summed E-state index contributed by atoms with van der Waals surface area (Å²) in [6.45, 7) is 4.64. The van der Waals surface area contributed by atoms with Gasteiger partial charge >= 0.3 is 0 Å².